The fourth-order valence-corrected chi connectivity index (χ4v) is 19.7. The van der Waals surface area contributed by atoms with Crippen LogP contribution in [0.1, 0.15) is 161 Å². The third-order valence-electron chi connectivity index (χ3n) is 22.5. The number of hydrogen-bond acceptors (Lipinski definition) is 11. The third-order valence-corrected chi connectivity index (χ3v) is 27.0. The van der Waals surface area contributed by atoms with Crippen LogP contribution in [0.2, 0.25) is 10.0 Å². The van der Waals surface area contributed by atoms with Gasteiger partial charge in [-0.05, 0) is 241 Å². The maximum Gasteiger partial charge on any atom is 0.264 e. The first-order chi connectivity index (χ1) is 42.5. The number of benzene rings is 4. The lowest BCUT2D eigenvalue weighted by Gasteiger charge is -2.49. The summed E-state index contributed by atoms with van der Waals surface area (Å²) in [6, 6.07) is 23.4. The Hall–Kier alpha value is -5.29. The lowest BCUT2D eigenvalue weighted by Crippen LogP contribution is -2.52. The van der Waals surface area contributed by atoms with Crippen LogP contribution < -0.4 is 28.7 Å². The van der Waals surface area contributed by atoms with Crippen molar-refractivity contribution in [1.29, 1.82) is 0 Å². The van der Waals surface area contributed by atoms with E-state index >= 15 is 0 Å². The molecule has 478 valence electrons. The van der Waals surface area contributed by atoms with Crippen molar-refractivity contribution in [3.8, 4) is 11.5 Å². The summed E-state index contributed by atoms with van der Waals surface area (Å²) in [5.74, 6) is 5.45. The molecule has 13 atom stereocenters. The van der Waals surface area contributed by atoms with E-state index in [1.807, 2.05) is 75.4 Å². The minimum absolute atomic E-state index is 0.0133. The molecule has 4 aromatic carbocycles. The second-order valence-corrected chi connectivity index (χ2v) is 33.3. The molecule has 4 aromatic rings. The van der Waals surface area contributed by atoms with Crippen molar-refractivity contribution in [3.63, 3.8) is 0 Å². The summed E-state index contributed by atoms with van der Waals surface area (Å²) in [5, 5.41) is 12.6. The molecule has 13 nitrogen and oxygen atoms in total. The highest BCUT2D eigenvalue weighted by Crippen LogP contribution is 2.53. The highest BCUT2D eigenvalue weighted by atomic mass is 35.5. The number of nitrogens with zero attached hydrogens (tertiary/aromatic N) is 2. The van der Waals surface area contributed by atoms with Crippen LogP contribution >= 0.6 is 23.2 Å². The van der Waals surface area contributed by atoms with Gasteiger partial charge in [0.25, 0.3) is 11.8 Å². The predicted molar refractivity (Wildman–Crippen MR) is 359 cm³/mol. The van der Waals surface area contributed by atoms with Crippen LogP contribution in [0, 0.1) is 35.5 Å². The van der Waals surface area contributed by atoms with Crippen molar-refractivity contribution in [1.82, 2.24) is 9.44 Å². The van der Waals surface area contributed by atoms with Crippen molar-refractivity contribution in [2.45, 2.75) is 163 Å². The van der Waals surface area contributed by atoms with Crippen molar-refractivity contribution >= 4 is 72.0 Å². The van der Waals surface area contributed by atoms with Crippen LogP contribution in [0.3, 0.4) is 0 Å². The molecular formula is C72H90Cl2N4O9S2. The van der Waals surface area contributed by atoms with Crippen molar-refractivity contribution in [2.24, 2.45) is 35.5 Å². The van der Waals surface area contributed by atoms with Crippen molar-refractivity contribution < 1.29 is 41.5 Å². The van der Waals surface area contributed by atoms with Gasteiger partial charge in [-0.2, -0.15) is 0 Å². The van der Waals surface area contributed by atoms with Gasteiger partial charge < -0.3 is 29.1 Å². The van der Waals surface area contributed by atoms with E-state index < -0.39 is 42.4 Å². The molecule has 2 amide bonds. The number of halogens is 2. The SMILES string of the molecule is C=CCC[C@]1(O)/C=C/C[C@H](C)[C@@H](C)S(=C)(=O)NC(=O)c2ccc3c(c2)N(C[C@@H]2CC[C@H]21)C[C@@]1(CCCc2cc(Cl)ccc21)CO3.C[C@@H]1[C@@H](C)C/C=C/[C@]2(CCCO2)[C@@H]2CC[C@H]2CN2C[C@@]3(CCCc4cc(Cl)ccc43)COc3ccc(cc32)C(=O)NS1(=O)=O. The molecule has 9 aliphatic rings. The van der Waals surface area contributed by atoms with Crippen LogP contribution in [-0.2, 0) is 48.1 Å². The van der Waals surface area contributed by atoms with E-state index in [4.69, 9.17) is 37.4 Å². The lowest BCUT2D eigenvalue weighted by atomic mass is 9.63. The molecule has 1 saturated heterocycles. The van der Waals surface area contributed by atoms with Gasteiger partial charge in [0.2, 0.25) is 10.0 Å². The number of nitrogens with one attached hydrogen (secondary N) is 2. The zero-order valence-electron chi connectivity index (χ0n) is 52.3. The van der Waals surface area contributed by atoms with Crippen LogP contribution in [0.15, 0.2) is 110 Å². The Balaban J connectivity index is 0.000000173. The first-order valence-corrected chi connectivity index (χ1v) is 36.8. The normalized spacial score (nSPS) is 35.5. The Morgan fingerprint density at radius 2 is 1.19 bits per heavy atom. The van der Waals surface area contributed by atoms with Crippen LogP contribution in [-0.4, -0.2) is 103 Å². The van der Waals surface area contributed by atoms with E-state index in [2.05, 4.69) is 68.1 Å². The number of rotatable bonds is 3. The monoisotopic (exact) mass is 1290 g/mol. The maximum absolute atomic E-state index is 13.8. The molecule has 17 heteroatoms. The molecule has 1 unspecified atom stereocenters. The van der Waals surface area contributed by atoms with Crippen molar-refractivity contribution in [3.05, 3.63) is 153 Å². The zero-order valence-corrected chi connectivity index (χ0v) is 55.4. The van der Waals surface area contributed by atoms with E-state index in [1.54, 1.807) is 19.1 Å². The average molecular weight is 1290 g/mol. The molecule has 4 aliphatic carbocycles. The largest absolute Gasteiger partial charge is 0.490 e. The number of fused-ring (bicyclic) bond motifs is 9. The number of carbonyl (C=O) groups excluding carboxylic acids is 2. The van der Waals surface area contributed by atoms with Gasteiger partial charge in [-0.15, -0.1) is 6.58 Å². The van der Waals surface area contributed by atoms with Gasteiger partial charge in [0.15, 0.2) is 0 Å². The lowest BCUT2D eigenvalue weighted by molar-refractivity contribution is -0.0626. The molecule has 89 heavy (non-hydrogen) atoms. The van der Waals surface area contributed by atoms with E-state index in [0.29, 0.717) is 55.4 Å². The quantitative estimate of drug-likeness (QED) is 0.132. The van der Waals surface area contributed by atoms with Crippen LogP contribution in [0.25, 0.3) is 0 Å². The number of aryl methyl sites for hydroxylation is 2. The summed E-state index contributed by atoms with van der Waals surface area (Å²) in [4.78, 5) is 31.9. The van der Waals surface area contributed by atoms with E-state index in [-0.39, 0.29) is 45.4 Å². The molecule has 5 heterocycles. The number of sulfonamides is 1. The van der Waals surface area contributed by atoms with Gasteiger partial charge in [-0.25, -0.2) is 17.3 Å². The summed E-state index contributed by atoms with van der Waals surface area (Å²) >= 11 is 12.9. The highest BCUT2D eigenvalue weighted by Gasteiger charge is 2.52. The molecule has 4 bridgehead atoms. The fraction of sp³-hybridized carbons (Fsp3) is 0.542. The Morgan fingerprint density at radius 3 is 1.71 bits per heavy atom. The summed E-state index contributed by atoms with van der Waals surface area (Å²) < 4.78 is 65.4. The first kappa shape index (κ1) is 63.8. The van der Waals surface area contributed by atoms with E-state index in [9.17, 15) is 27.3 Å². The van der Waals surface area contributed by atoms with Gasteiger partial charge in [-0.1, -0.05) is 79.6 Å². The molecule has 0 aromatic heterocycles. The van der Waals surface area contributed by atoms with E-state index in [0.717, 1.165) is 149 Å². The Morgan fingerprint density at radius 1 is 0.663 bits per heavy atom. The number of allylic oxidation sites excluding steroid dienone is 3. The Bertz CT molecular complexity index is 3660. The average Bonchev–Trinajstić information content (AvgIpc) is 1.86. The number of amides is 2. The summed E-state index contributed by atoms with van der Waals surface area (Å²) in [6.07, 6.45) is 25.2. The maximum atomic E-state index is 13.8. The molecule has 3 fully saturated rings. The number of carbonyl (C=O) groups is 2. The number of ether oxygens (including phenoxy) is 3. The highest BCUT2D eigenvalue weighted by molar-refractivity contribution is 7.99. The smallest absolute Gasteiger partial charge is 0.264 e. The third kappa shape index (κ3) is 12.6. The van der Waals surface area contributed by atoms with Gasteiger partial charge >= 0.3 is 0 Å². The Kier molecular flexibility index (Phi) is 18.2. The molecule has 0 radical (unpaired) electrons. The molecule has 2 saturated carbocycles. The topological polar surface area (TPSA) is 164 Å². The molecule has 5 aliphatic heterocycles. The van der Waals surface area contributed by atoms with Gasteiger partial charge in [0.1, 0.15) is 11.5 Å². The number of aliphatic hydroxyl groups is 1. The molecular weight excluding hydrogens is 1200 g/mol. The van der Waals surface area contributed by atoms with Crippen molar-refractivity contribution in [2.75, 3.05) is 55.8 Å². The molecule has 3 N–H and O–H groups in total. The van der Waals surface area contributed by atoms with Gasteiger partial charge in [0.05, 0.1) is 50.7 Å². The van der Waals surface area contributed by atoms with Crippen LogP contribution in [0.4, 0.5) is 11.4 Å². The Labute approximate surface area is 538 Å². The van der Waals surface area contributed by atoms with Gasteiger partial charge in [0, 0.05) is 70.0 Å². The minimum Gasteiger partial charge on any atom is -0.490 e. The summed E-state index contributed by atoms with van der Waals surface area (Å²) in [6.45, 7) is 16.3. The minimum atomic E-state index is -3.89. The summed E-state index contributed by atoms with van der Waals surface area (Å²) in [5.41, 5.74) is 5.86. The second-order valence-electron chi connectivity index (χ2n) is 28.0. The standard InChI is InChI=1S/C37H47ClN2O4S.C35H43ClN2O5S/c1-5-6-18-37(42)19-7-9-25(2)26(3)45(4,43)39-35(41)28-12-16-34-33(21-28)40(22-29-11-14-32(29)37)23-36(24-44-34)17-8-10-27-20-30(38)13-15-31(27)36;1-23-6-3-15-35(16-5-17-43-35)30-11-8-27(30)20-38-21-34(14-4-7-25-18-28(36)10-12-29(25)34)22-42-32-13-9-26(19-31(32)38)33(39)37-44(40,41)24(23)2/h5,7,12-13,15-16,19-21,25-26,29,32,42H,1,4,6,8-11,14,17-18,22-24H2,2-3H3,(H,39,41,43);3,9-10,12-13,15,18-19,23-24,27,30H,4-8,11,14,16-17,20-22H2,1-2H3,(H,37,39)/b19-7+;15-3+/t25-,26+,29-,32+,36-,37-,45?;23-,24+,27-,30+,34-,35-/m00/s1. The van der Waals surface area contributed by atoms with Gasteiger partial charge in [-0.3, -0.25) is 14.3 Å². The fourth-order valence-electron chi connectivity index (χ4n) is 16.5. The first-order valence-electron chi connectivity index (χ1n) is 32.7. The second kappa shape index (κ2) is 25.3. The number of anilines is 2. The predicted octanol–water partition coefficient (Wildman–Crippen LogP) is 13.3. The molecule has 3 spiro atoms. The van der Waals surface area contributed by atoms with Crippen LogP contribution in [0.5, 0.6) is 11.5 Å². The summed E-state index contributed by atoms with van der Waals surface area (Å²) in [7, 11) is -6.85. The number of hydrogen-bond donors (Lipinski definition) is 3. The zero-order chi connectivity index (χ0) is 62.7. The molecule has 13 rings (SSSR count). The van der Waals surface area contributed by atoms with E-state index in [1.165, 1.54) is 22.3 Å².